The summed E-state index contributed by atoms with van der Waals surface area (Å²) in [6.45, 7) is -0.321. The average Bonchev–Trinajstić information content (AvgIpc) is 2.69. The molecule has 0 aliphatic carbocycles. The molecule has 1 aliphatic rings. The Balaban J connectivity index is 1.86. The predicted octanol–water partition coefficient (Wildman–Crippen LogP) is 0.599. The quantitative estimate of drug-likeness (QED) is 0.342. The van der Waals surface area contributed by atoms with Crippen LogP contribution in [0.4, 0.5) is 4.79 Å². The van der Waals surface area contributed by atoms with Gasteiger partial charge in [0.2, 0.25) is 0 Å². The molecule has 0 aromatic heterocycles. The molecular formula is C11H12NO7P. The van der Waals surface area contributed by atoms with Crippen LogP contribution in [0.25, 0.3) is 0 Å². The SMILES string of the molecule is O=C1NC(Cc2ccc(OCO[PH](=O)O)cc2)C(=O)O1. The standard InChI is InChI=1S/C11H12NO7P/c13-10-9(12-11(14)19-10)5-7-1-3-8(4-2-7)17-6-18-20(15)16/h1-4,9,20H,5-6H2,(H,12,14)(H,15,16). The lowest BCUT2D eigenvalue weighted by Crippen LogP contribution is -2.30. The fourth-order valence-electron chi connectivity index (χ4n) is 1.63. The molecule has 2 N–H and O–H groups in total. The molecule has 1 fully saturated rings. The highest BCUT2D eigenvalue weighted by Gasteiger charge is 2.32. The molecule has 1 aliphatic heterocycles. The number of nitrogens with one attached hydrogen (secondary N) is 1. The minimum atomic E-state index is -3.01. The van der Waals surface area contributed by atoms with Crippen molar-refractivity contribution in [3.8, 4) is 5.75 Å². The lowest BCUT2D eigenvalue weighted by molar-refractivity contribution is -0.135. The van der Waals surface area contributed by atoms with Gasteiger partial charge < -0.3 is 19.7 Å². The van der Waals surface area contributed by atoms with E-state index in [2.05, 4.69) is 14.6 Å². The fraction of sp³-hybridized carbons (Fsp3) is 0.273. The van der Waals surface area contributed by atoms with Crippen molar-refractivity contribution in [2.75, 3.05) is 6.79 Å². The third-order valence-electron chi connectivity index (χ3n) is 2.54. The van der Waals surface area contributed by atoms with E-state index in [1.54, 1.807) is 24.3 Å². The number of cyclic esters (lactones) is 2. The molecule has 9 heteroatoms. The maximum Gasteiger partial charge on any atom is 0.415 e. The van der Waals surface area contributed by atoms with Crippen molar-refractivity contribution >= 4 is 20.3 Å². The number of rotatable bonds is 6. The van der Waals surface area contributed by atoms with Crippen LogP contribution in [0, 0.1) is 0 Å². The van der Waals surface area contributed by atoms with Gasteiger partial charge in [-0.2, -0.15) is 0 Å². The van der Waals surface area contributed by atoms with Crippen LogP contribution in [0.2, 0.25) is 0 Å². The summed E-state index contributed by atoms with van der Waals surface area (Å²) in [6.07, 6.45) is -0.428. The molecular weight excluding hydrogens is 289 g/mol. The van der Waals surface area contributed by atoms with Gasteiger partial charge in [0.05, 0.1) is 0 Å². The number of esters is 1. The zero-order chi connectivity index (χ0) is 14.5. The van der Waals surface area contributed by atoms with E-state index < -0.39 is 26.4 Å². The zero-order valence-corrected chi connectivity index (χ0v) is 11.2. The number of alkyl carbamates (subject to hydrolysis) is 1. The number of amides is 1. The van der Waals surface area contributed by atoms with Crippen LogP contribution in [-0.4, -0.2) is 29.8 Å². The molecule has 20 heavy (non-hydrogen) atoms. The fourth-order valence-corrected chi connectivity index (χ4v) is 1.79. The molecule has 1 amide bonds. The summed E-state index contributed by atoms with van der Waals surface area (Å²) in [5.41, 5.74) is 0.804. The number of benzene rings is 1. The van der Waals surface area contributed by atoms with E-state index in [0.29, 0.717) is 12.2 Å². The Morgan fingerprint density at radius 1 is 1.30 bits per heavy atom. The summed E-state index contributed by atoms with van der Waals surface area (Å²) in [4.78, 5) is 30.6. The van der Waals surface area contributed by atoms with E-state index in [4.69, 9.17) is 9.63 Å². The zero-order valence-electron chi connectivity index (χ0n) is 10.2. The van der Waals surface area contributed by atoms with Gasteiger partial charge in [-0.25, -0.2) is 9.59 Å². The number of carbonyl (C=O) groups excluding carboxylic acids is 2. The molecule has 108 valence electrons. The van der Waals surface area contributed by atoms with Gasteiger partial charge in [0.25, 0.3) is 0 Å². The van der Waals surface area contributed by atoms with Crippen LogP contribution in [0.15, 0.2) is 24.3 Å². The minimum Gasteiger partial charge on any atom is -0.467 e. The molecule has 1 aromatic carbocycles. The van der Waals surface area contributed by atoms with E-state index in [1.165, 1.54) is 0 Å². The maximum absolute atomic E-state index is 11.3. The van der Waals surface area contributed by atoms with Gasteiger partial charge in [-0.3, -0.25) is 9.09 Å². The summed E-state index contributed by atoms with van der Waals surface area (Å²) >= 11 is 0. The first-order valence-corrected chi connectivity index (χ1v) is 6.90. The second-order valence-electron chi connectivity index (χ2n) is 3.93. The molecule has 0 spiro atoms. The molecule has 1 aromatic rings. The van der Waals surface area contributed by atoms with Crippen molar-refractivity contribution in [3.05, 3.63) is 29.8 Å². The van der Waals surface area contributed by atoms with Gasteiger partial charge >= 0.3 is 20.3 Å². The van der Waals surface area contributed by atoms with Gasteiger partial charge in [0.15, 0.2) is 6.79 Å². The second kappa shape index (κ2) is 6.51. The molecule has 1 saturated heterocycles. The minimum absolute atomic E-state index is 0.311. The highest BCUT2D eigenvalue weighted by molar-refractivity contribution is 7.32. The van der Waals surface area contributed by atoms with Crippen molar-refractivity contribution in [2.24, 2.45) is 0 Å². The molecule has 1 heterocycles. The Labute approximate surface area is 114 Å². The Morgan fingerprint density at radius 2 is 2.00 bits per heavy atom. The van der Waals surface area contributed by atoms with Crippen molar-refractivity contribution in [1.29, 1.82) is 0 Å². The maximum atomic E-state index is 11.3. The highest BCUT2D eigenvalue weighted by atomic mass is 31.1. The topological polar surface area (TPSA) is 111 Å². The van der Waals surface area contributed by atoms with Crippen LogP contribution in [0.5, 0.6) is 5.75 Å². The molecule has 0 saturated carbocycles. The first kappa shape index (κ1) is 14.5. The van der Waals surface area contributed by atoms with Crippen LogP contribution < -0.4 is 10.1 Å². The Hall–Kier alpha value is -1.89. The summed E-state index contributed by atoms with van der Waals surface area (Å²) in [5.74, 6) is -0.146. The summed E-state index contributed by atoms with van der Waals surface area (Å²) in [6, 6.07) is 5.97. The second-order valence-corrected chi connectivity index (χ2v) is 4.75. The van der Waals surface area contributed by atoms with Gasteiger partial charge in [-0.1, -0.05) is 12.1 Å². The molecule has 2 unspecified atom stereocenters. The largest absolute Gasteiger partial charge is 0.467 e. The first-order chi connectivity index (χ1) is 9.54. The van der Waals surface area contributed by atoms with E-state index in [9.17, 15) is 14.2 Å². The van der Waals surface area contributed by atoms with E-state index in [0.717, 1.165) is 5.56 Å². The number of carbonyl (C=O) groups is 2. The molecule has 8 nitrogen and oxygen atoms in total. The van der Waals surface area contributed by atoms with Crippen molar-refractivity contribution in [1.82, 2.24) is 5.32 Å². The molecule has 0 bridgehead atoms. The number of hydrogen-bond acceptors (Lipinski definition) is 6. The van der Waals surface area contributed by atoms with Crippen LogP contribution >= 0.6 is 8.25 Å². The smallest absolute Gasteiger partial charge is 0.415 e. The number of hydrogen-bond donors (Lipinski definition) is 2. The van der Waals surface area contributed by atoms with Crippen molar-refractivity contribution < 1.29 is 33.0 Å². The summed E-state index contributed by atoms with van der Waals surface area (Å²) in [7, 11) is -3.01. The Morgan fingerprint density at radius 3 is 2.55 bits per heavy atom. The van der Waals surface area contributed by atoms with Gasteiger partial charge in [-0.05, 0) is 17.7 Å². The van der Waals surface area contributed by atoms with Crippen molar-refractivity contribution in [3.63, 3.8) is 0 Å². The highest BCUT2D eigenvalue weighted by Crippen LogP contribution is 2.18. The molecule has 2 atom stereocenters. The lowest BCUT2D eigenvalue weighted by atomic mass is 10.1. The van der Waals surface area contributed by atoms with E-state index in [1.807, 2.05) is 0 Å². The van der Waals surface area contributed by atoms with Crippen LogP contribution in [0.3, 0.4) is 0 Å². The first-order valence-electron chi connectivity index (χ1n) is 5.64. The van der Waals surface area contributed by atoms with E-state index >= 15 is 0 Å². The van der Waals surface area contributed by atoms with Crippen LogP contribution in [-0.2, 0) is 25.0 Å². The van der Waals surface area contributed by atoms with Crippen LogP contribution in [0.1, 0.15) is 5.56 Å². The lowest BCUT2D eigenvalue weighted by Gasteiger charge is -2.08. The number of ether oxygens (including phenoxy) is 2. The third-order valence-corrected chi connectivity index (χ3v) is 2.91. The Bertz CT molecular complexity index is 530. The third kappa shape index (κ3) is 4.06. The monoisotopic (exact) mass is 301 g/mol. The van der Waals surface area contributed by atoms with Gasteiger partial charge in [0.1, 0.15) is 11.8 Å². The van der Waals surface area contributed by atoms with Gasteiger partial charge in [0, 0.05) is 6.42 Å². The predicted molar refractivity (Wildman–Crippen MR) is 66.4 cm³/mol. The molecule has 2 rings (SSSR count). The average molecular weight is 301 g/mol. The summed E-state index contributed by atoms with van der Waals surface area (Å²) in [5, 5.41) is 2.39. The summed E-state index contributed by atoms with van der Waals surface area (Å²) < 4.78 is 24.1. The van der Waals surface area contributed by atoms with Gasteiger partial charge in [-0.15, -0.1) is 0 Å². The van der Waals surface area contributed by atoms with E-state index in [-0.39, 0.29) is 6.79 Å². The normalized spacial score (nSPS) is 19.4. The Kier molecular flexibility index (Phi) is 4.73. The van der Waals surface area contributed by atoms with Crippen molar-refractivity contribution in [2.45, 2.75) is 12.5 Å². The molecule has 0 radical (unpaired) electrons.